The Morgan fingerprint density at radius 3 is 2.60 bits per heavy atom. The van der Waals surface area contributed by atoms with E-state index in [1.807, 2.05) is 0 Å². The molecule has 0 aromatic heterocycles. The van der Waals surface area contributed by atoms with Gasteiger partial charge in [-0.25, -0.2) is 4.39 Å². The first kappa shape index (κ1) is 18.1. The molecule has 0 saturated heterocycles. The molecule has 130 valence electrons. The first-order chi connectivity index (χ1) is 11.9. The summed E-state index contributed by atoms with van der Waals surface area (Å²) in [6.45, 7) is 1.61. The molecule has 1 atom stereocenters. The Balaban J connectivity index is 2.02. The molecule has 8 heteroatoms. The van der Waals surface area contributed by atoms with Crippen LogP contribution in [-0.2, 0) is 11.3 Å². The minimum atomic E-state index is -0.999. The Kier molecular flexibility index (Phi) is 5.78. The molecule has 0 aliphatic rings. The molecule has 25 heavy (non-hydrogen) atoms. The average Bonchev–Trinajstić information content (AvgIpc) is 2.61. The van der Waals surface area contributed by atoms with E-state index < -0.39 is 22.6 Å². The second-order valence-electron chi connectivity index (χ2n) is 5.21. The Morgan fingerprint density at radius 1 is 1.32 bits per heavy atom. The number of rotatable bonds is 7. The minimum Gasteiger partial charge on any atom is -0.474 e. The lowest BCUT2D eigenvalue weighted by molar-refractivity contribution is -0.386. The number of aldehydes is 1. The summed E-state index contributed by atoms with van der Waals surface area (Å²) in [5.41, 5.74) is 0.429. The number of hydrogen-bond donors (Lipinski definition) is 1. The second-order valence-corrected chi connectivity index (χ2v) is 5.21. The fourth-order valence-corrected chi connectivity index (χ4v) is 2.03. The number of carbonyl (C=O) groups excluding carboxylic acids is 2. The van der Waals surface area contributed by atoms with E-state index in [9.17, 15) is 24.1 Å². The summed E-state index contributed by atoms with van der Waals surface area (Å²) in [4.78, 5) is 33.1. The van der Waals surface area contributed by atoms with Crippen LogP contribution < -0.4 is 10.1 Å². The highest BCUT2D eigenvalue weighted by Gasteiger charge is 2.21. The molecule has 0 heterocycles. The summed E-state index contributed by atoms with van der Waals surface area (Å²) in [7, 11) is 0. The number of ether oxygens (including phenoxy) is 1. The number of hydrogen-bond acceptors (Lipinski definition) is 5. The highest BCUT2D eigenvalue weighted by molar-refractivity contribution is 5.81. The average molecular weight is 346 g/mol. The summed E-state index contributed by atoms with van der Waals surface area (Å²) < 4.78 is 18.2. The minimum absolute atomic E-state index is 0.111. The predicted molar refractivity (Wildman–Crippen MR) is 86.8 cm³/mol. The van der Waals surface area contributed by atoms with Crippen LogP contribution in [0.25, 0.3) is 0 Å². The van der Waals surface area contributed by atoms with Crippen LogP contribution >= 0.6 is 0 Å². The molecule has 0 bridgehead atoms. The van der Waals surface area contributed by atoms with Crippen molar-refractivity contribution in [3.8, 4) is 5.75 Å². The monoisotopic (exact) mass is 346 g/mol. The lowest BCUT2D eigenvalue weighted by Crippen LogP contribution is -2.36. The van der Waals surface area contributed by atoms with Crippen molar-refractivity contribution in [1.82, 2.24) is 5.32 Å². The van der Waals surface area contributed by atoms with Crippen molar-refractivity contribution in [2.24, 2.45) is 0 Å². The number of nitrogens with zero attached hydrogens (tertiary/aromatic N) is 1. The van der Waals surface area contributed by atoms with Crippen LogP contribution in [0.1, 0.15) is 22.8 Å². The van der Waals surface area contributed by atoms with E-state index in [0.717, 1.165) is 6.07 Å². The van der Waals surface area contributed by atoms with Gasteiger partial charge in [0.1, 0.15) is 12.1 Å². The molecule has 2 rings (SSSR count). The third-order valence-corrected chi connectivity index (χ3v) is 3.37. The largest absolute Gasteiger partial charge is 0.474 e. The summed E-state index contributed by atoms with van der Waals surface area (Å²) in [6, 6.07) is 9.32. The van der Waals surface area contributed by atoms with Gasteiger partial charge in [0.2, 0.25) is 0 Å². The molecule has 2 aromatic rings. The van der Waals surface area contributed by atoms with Gasteiger partial charge in [0.05, 0.1) is 4.92 Å². The van der Waals surface area contributed by atoms with Crippen LogP contribution in [0.5, 0.6) is 5.75 Å². The van der Waals surface area contributed by atoms with Crippen LogP contribution in [-0.4, -0.2) is 23.2 Å². The topological polar surface area (TPSA) is 98.5 Å². The Morgan fingerprint density at radius 2 is 2.00 bits per heavy atom. The van der Waals surface area contributed by atoms with E-state index >= 15 is 0 Å². The number of nitrogens with one attached hydrogen (secondary N) is 1. The van der Waals surface area contributed by atoms with Crippen molar-refractivity contribution >= 4 is 17.9 Å². The smallest absolute Gasteiger partial charge is 0.311 e. The predicted octanol–water partition coefficient (Wildman–Crippen LogP) is 2.63. The first-order valence-electron chi connectivity index (χ1n) is 7.33. The third-order valence-electron chi connectivity index (χ3n) is 3.37. The van der Waals surface area contributed by atoms with Gasteiger partial charge in [0.25, 0.3) is 5.91 Å². The second kappa shape index (κ2) is 8.00. The highest BCUT2D eigenvalue weighted by atomic mass is 19.1. The highest BCUT2D eigenvalue weighted by Crippen LogP contribution is 2.28. The van der Waals surface area contributed by atoms with Gasteiger partial charge >= 0.3 is 5.69 Å². The Hall–Kier alpha value is -3.29. The van der Waals surface area contributed by atoms with Gasteiger partial charge in [0.15, 0.2) is 11.9 Å². The van der Waals surface area contributed by atoms with Crippen LogP contribution in [0.3, 0.4) is 0 Å². The van der Waals surface area contributed by atoms with Crippen LogP contribution in [0.4, 0.5) is 10.1 Å². The molecule has 0 saturated carbocycles. The fourth-order valence-electron chi connectivity index (χ4n) is 2.03. The number of amides is 1. The summed E-state index contributed by atoms with van der Waals surface area (Å²) in [6.07, 6.45) is -0.517. The van der Waals surface area contributed by atoms with Gasteiger partial charge in [-0.15, -0.1) is 0 Å². The standard InChI is InChI=1S/C17H15FN2O5/c1-11(17(22)19-9-12-2-5-14(18)6-3-12)25-16-7-4-13(10-21)8-15(16)20(23)24/h2-8,10-11H,9H2,1H3,(H,19,22)/t11-/m0/s1. The van der Waals surface area contributed by atoms with Crippen molar-refractivity contribution in [3.63, 3.8) is 0 Å². The van der Waals surface area contributed by atoms with Gasteiger partial charge in [-0.3, -0.25) is 19.7 Å². The maximum atomic E-state index is 12.8. The normalized spacial score (nSPS) is 11.4. The van der Waals surface area contributed by atoms with E-state index in [0.29, 0.717) is 11.8 Å². The van der Waals surface area contributed by atoms with Crippen molar-refractivity contribution in [1.29, 1.82) is 0 Å². The van der Waals surface area contributed by atoms with Crippen molar-refractivity contribution < 1.29 is 23.6 Å². The van der Waals surface area contributed by atoms with Gasteiger partial charge in [0, 0.05) is 18.2 Å². The van der Waals surface area contributed by atoms with Crippen LogP contribution in [0, 0.1) is 15.9 Å². The van der Waals surface area contributed by atoms with Gasteiger partial charge in [-0.1, -0.05) is 12.1 Å². The molecule has 0 fully saturated rings. The molecular formula is C17H15FN2O5. The zero-order chi connectivity index (χ0) is 18.4. The van der Waals surface area contributed by atoms with Gasteiger partial charge < -0.3 is 10.1 Å². The molecule has 1 amide bonds. The Bertz CT molecular complexity index is 792. The summed E-state index contributed by atoms with van der Waals surface area (Å²) >= 11 is 0. The zero-order valence-corrected chi connectivity index (χ0v) is 13.3. The van der Waals surface area contributed by atoms with Gasteiger partial charge in [-0.2, -0.15) is 0 Å². The number of benzene rings is 2. The Labute approximate surface area is 142 Å². The van der Waals surface area contributed by atoms with E-state index in [1.165, 1.54) is 43.3 Å². The summed E-state index contributed by atoms with van der Waals surface area (Å²) in [5, 5.41) is 13.7. The lowest BCUT2D eigenvalue weighted by Gasteiger charge is -2.15. The first-order valence-corrected chi connectivity index (χ1v) is 7.33. The number of carbonyl (C=O) groups is 2. The number of halogens is 1. The third kappa shape index (κ3) is 4.84. The maximum absolute atomic E-state index is 12.8. The van der Waals surface area contributed by atoms with Crippen LogP contribution in [0.2, 0.25) is 0 Å². The quantitative estimate of drug-likeness (QED) is 0.472. The van der Waals surface area contributed by atoms with E-state index in [-0.39, 0.29) is 23.7 Å². The molecule has 0 unspecified atom stereocenters. The SMILES string of the molecule is C[C@H](Oc1ccc(C=O)cc1[N+](=O)[O-])C(=O)NCc1ccc(F)cc1. The molecule has 2 aromatic carbocycles. The maximum Gasteiger partial charge on any atom is 0.311 e. The van der Waals surface area contributed by atoms with Crippen molar-refractivity contribution in [2.75, 3.05) is 0 Å². The molecule has 0 aliphatic heterocycles. The summed E-state index contributed by atoms with van der Waals surface area (Å²) in [5.74, 6) is -0.976. The molecular weight excluding hydrogens is 331 g/mol. The molecule has 0 radical (unpaired) electrons. The van der Waals surface area contributed by atoms with Crippen molar-refractivity contribution in [2.45, 2.75) is 19.6 Å². The van der Waals surface area contributed by atoms with E-state index in [2.05, 4.69) is 5.32 Å². The van der Waals surface area contributed by atoms with E-state index in [4.69, 9.17) is 4.74 Å². The lowest BCUT2D eigenvalue weighted by atomic mass is 10.2. The van der Waals surface area contributed by atoms with E-state index in [1.54, 1.807) is 0 Å². The molecule has 1 N–H and O–H groups in total. The van der Waals surface area contributed by atoms with Crippen LogP contribution in [0.15, 0.2) is 42.5 Å². The zero-order valence-electron chi connectivity index (χ0n) is 13.3. The van der Waals surface area contributed by atoms with Gasteiger partial charge in [-0.05, 0) is 36.8 Å². The van der Waals surface area contributed by atoms with Crippen molar-refractivity contribution in [3.05, 3.63) is 69.5 Å². The fraction of sp³-hybridized carbons (Fsp3) is 0.176. The molecule has 0 spiro atoms. The number of nitro groups is 1. The number of nitro benzene ring substituents is 1. The molecule has 7 nitrogen and oxygen atoms in total. The molecule has 0 aliphatic carbocycles.